The lowest BCUT2D eigenvalue weighted by Gasteiger charge is -2.28. The minimum Gasteiger partial charge on any atom is -0.495 e. The highest BCUT2D eigenvalue weighted by molar-refractivity contribution is 6.00. The number of benzene rings is 2. The number of amides is 2. The molecule has 0 aliphatic heterocycles. The fraction of sp³-hybridized carbons (Fsp3) is 0.440. The van der Waals surface area contributed by atoms with Crippen LogP contribution in [0.25, 0.3) is 0 Å². The van der Waals surface area contributed by atoms with Crippen LogP contribution in [0.5, 0.6) is 5.75 Å². The molecule has 1 aliphatic rings. The maximum atomic E-state index is 14.7. The number of rotatable bonds is 6. The topological polar surface area (TPSA) is 76.7 Å². The molecule has 0 atom stereocenters. The first-order chi connectivity index (χ1) is 15.3. The number of methoxy groups -OCH3 is 1. The molecular weight excluding hydrogens is 411 g/mol. The zero-order valence-corrected chi connectivity index (χ0v) is 19.0. The quantitative estimate of drug-likeness (QED) is 0.537. The molecule has 1 saturated carbocycles. The molecule has 0 unspecified atom stereocenters. The highest BCUT2D eigenvalue weighted by Crippen LogP contribution is 2.37. The van der Waals surface area contributed by atoms with Crippen molar-refractivity contribution in [3.8, 4) is 5.75 Å². The molecule has 3 rings (SSSR count). The van der Waals surface area contributed by atoms with Gasteiger partial charge in [-0.3, -0.25) is 4.79 Å². The molecular formula is C25H31FN2O4. The summed E-state index contributed by atoms with van der Waals surface area (Å²) in [6, 6.07) is 9.76. The number of anilines is 2. The number of ether oxygens (including phenoxy) is 2. The second kappa shape index (κ2) is 10.5. The molecule has 0 saturated heterocycles. The van der Waals surface area contributed by atoms with Gasteiger partial charge in [0.2, 0.25) is 0 Å². The van der Waals surface area contributed by atoms with Crippen LogP contribution in [0.4, 0.5) is 20.6 Å². The number of carbonyl (C=O) groups is 2. The van der Waals surface area contributed by atoms with E-state index < -0.39 is 11.8 Å². The van der Waals surface area contributed by atoms with Gasteiger partial charge >= 0.3 is 12.0 Å². The van der Waals surface area contributed by atoms with E-state index in [2.05, 4.69) is 10.6 Å². The normalized spacial score (nSPS) is 18.2. The van der Waals surface area contributed by atoms with Crippen molar-refractivity contribution in [1.29, 1.82) is 0 Å². The van der Waals surface area contributed by atoms with Gasteiger partial charge in [-0.25, -0.2) is 9.18 Å². The molecule has 0 spiro atoms. The molecule has 2 aromatic rings. The molecule has 6 nitrogen and oxygen atoms in total. The SMILES string of the molecule is COc1ccc(C)cc1NC(=O)Nc1ccc(C2CCC(C(=O)OC(C)C)CC2)cc1F. The molecule has 0 radical (unpaired) electrons. The number of nitrogens with one attached hydrogen (secondary N) is 2. The van der Waals surface area contributed by atoms with Crippen molar-refractivity contribution in [2.45, 2.75) is 58.5 Å². The van der Waals surface area contributed by atoms with E-state index in [1.54, 1.807) is 18.2 Å². The van der Waals surface area contributed by atoms with E-state index in [9.17, 15) is 14.0 Å². The van der Waals surface area contributed by atoms with Gasteiger partial charge in [-0.15, -0.1) is 0 Å². The van der Waals surface area contributed by atoms with E-state index in [1.165, 1.54) is 13.2 Å². The van der Waals surface area contributed by atoms with Gasteiger partial charge in [-0.2, -0.15) is 0 Å². The van der Waals surface area contributed by atoms with Gasteiger partial charge in [-0.05, 0) is 87.8 Å². The lowest BCUT2D eigenvalue weighted by atomic mass is 9.78. The lowest BCUT2D eigenvalue weighted by Crippen LogP contribution is -2.25. The third-order valence-electron chi connectivity index (χ3n) is 5.73. The molecule has 0 aromatic heterocycles. The monoisotopic (exact) mass is 442 g/mol. The second-order valence-corrected chi connectivity index (χ2v) is 8.56. The van der Waals surface area contributed by atoms with Gasteiger partial charge in [0.25, 0.3) is 0 Å². The van der Waals surface area contributed by atoms with Crippen LogP contribution in [0, 0.1) is 18.7 Å². The van der Waals surface area contributed by atoms with Crippen molar-refractivity contribution >= 4 is 23.4 Å². The highest BCUT2D eigenvalue weighted by Gasteiger charge is 2.29. The van der Waals surface area contributed by atoms with E-state index in [0.717, 1.165) is 36.8 Å². The molecule has 1 aliphatic carbocycles. The molecule has 2 aromatic carbocycles. The Bertz CT molecular complexity index is 968. The summed E-state index contributed by atoms with van der Waals surface area (Å²) in [7, 11) is 1.52. The van der Waals surface area contributed by atoms with E-state index in [4.69, 9.17) is 9.47 Å². The van der Waals surface area contributed by atoms with Crippen LogP contribution in [-0.2, 0) is 9.53 Å². The third kappa shape index (κ3) is 5.99. The summed E-state index contributed by atoms with van der Waals surface area (Å²) in [6.07, 6.45) is 2.96. The summed E-state index contributed by atoms with van der Waals surface area (Å²) in [5.41, 5.74) is 2.45. The van der Waals surface area contributed by atoms with Crippen LogP contribution in [-0.4, -0.2) is 25.2 Å². The molecule has 2 amide bonds. The predicted octanol–water partition coefficient (Wildman–Crippen LogP) is 6.01. The number of halogens is 1. The molecule has 0 bridgehead atoms. The van der Waals surface area contributed by atoms with Gasteiger partial charge in [0, 0.05) is 0 Å². The fourth-order valence-corrected chi connectivity index (χ4v) is 4.07. The second-order valence-electron chi connectivity index (χ2n) is 8.56. The van der Waals surface area contributed by atoms with Crippen LogP contribution in [0.1, 0.15) is 56.6 Å². The Balaban J connectivity index is 1.59. The van der Waals surface area contributed by atoms with E-state index in [-0.39, 0.29) is 29.6 Å². The first-order valence-electron chi connectivity index (χ1n) is 11.0. The van der Waals surface area contributed by atoms with Crippen LogP contribution in [0.3, 0.4) is 0 Å². The molecule has 7 heteroatoms. The number of urea groups is 1. The van der Waals surface area contributed by atoms with Crippen LogP contribution in [0.15, 0.2) is 36.4 Å². The number of aryl methyl sites for hydroxylation is 1. The maximum Gasteiger partial charge on any atom is 0.323 e. The summed E-state index contributed by atoms with van der Waals surface area (Å²) in [5, 5.41) is 5.26. The Morgan fingerprint density at radius 2 is 1.69 bits per heavy atom. The van der Waals surface area contributed by atoms with Crippen LogP contribution < -0.4 is 15.4 Å². The zero-order chi connectivity index (χ0) is 23.3. The minimum atomic E-state index is -0.551. The van der Waals surface area contributed by atoms with Crippen molar-refractivity contribution in [1.82, 2.24) is 0 Å². The van der Waals surface area contributed by atoms with Crippen molar-refractivity contribution in [2.75, 3.05) is 17.7 Å². The fourth-order valence-electron chi connectivity index (χ4n) is 4.07. The Kier molecular flexibility index (Phi) is 7.72. The molecule has 32 heavy (non-hydrogen) atoms. The lowest BCUT2D eigenvalue weighted by molar-refractivity contribution is -0.153. The van der Waals surface area contributed by atoms with Crippen molar-refractivity contribution < 1.29 is 23.5 Å². The van der Waals surface area contributed by atoms with Crippen molar-refractivity contribution in [3.63, 3.8) is 0 Å². The largest absolute Gasteiger partial charge is 0.495 e. The smallest absolute Gasteiger partial charge is 0.323 e. The van der Waals surface area contributed by atoms with Gasteiger partial charge in [0.1, 0.15) is 11.6 Å². The average molecular weight is 443 g/mol. The van der Waals surface area contributed by atoms with Gasteiger partial charge in [-0.1, -0.05) is 12.1 Å². The third-order valence-corrected chi connectivity index (χ3v) is 5.73. The standard InChI is InChI=1S/C25H31FN2O4/c1-15(2)32-24(29)18-8-6-17(7-9-18)19-10-11-21(20(26)14-19)27-25(30)28-22-13-16(3)5-12-23(22)31-4/h5,10-15,17-18H,6-9H2,1-4H3,(H2,27,28,30). The molecule has 2 N–H and O–H groups in total. The van der Waals surface area contributed by atoms with Gasteiger partial charge in [0.15, 0.2) is 0 Å². The number of hydrogen-bond acceptors (Lipinski definition) is 4. The average Bonchev–Trinajstić information content (AvgIpc) is 2.75. The summed E-state index contributed by atoms with van der Waals surface area (Å²) in [5.74, 6) is -0.00106. The van der Waals surface area contributed by atoms with E-state index >= 15 is 0 Å². The Morgan fingerprint density at radius 3 is 2.31 bits per heavy atom. The Morgan fingerprint density at radius 1 is 1.00 bits per heavy atom. The molecule has 0 heterocycles. The van der Waals surface area contributed by atoms with Crippen LogP contribution >= 0.6 is 0 Å². The number of esters is 1. The first-order valence-corrected chi connectivity index (χ1v) is 11.0. The maximum absolute atomic E-state index is 14.7. The molecule has 172 valence electrons. The minimum absolute atomic E-state index is 0.0817. The van der Waals surface area contributed by atoms with Crippen molar-refractivity contribution in [2.24, 2.45) is 5.92 Å². The van der Waals surface area contributed by atoms with Gasteiger partial charge < -0.3 is 20.1 Å². The van der Waals surface area contributed by atoms with Crippen molar-refractivity contribution in [3.05, 3.63) is 53.3 Å². The highest BCUT2D eigenvalue weighted by atomic mass is 19.1. The van der Waals surface area contributed by atoms with E-state index in [1.807, 2.05) is 32.9 Å². The summed E-state index contributed by atoms with van der Waals surface area (Å²) >= 11 is 0. The predicted molar refractivity (Wildman–Crippen MR) is 123 cm³/mol. The number of carbonyl (C=O) groups excluding carboxylic acids is 2. The van der Waals surface area contributed by atoms with Gasteiger partial charge in [0.05, 0.1) is 30.5 Å². The zero-order valence-electron chi connectivity index (χ0n) is 19.0. The summed E-state index contributed by atoms with van der Waals surface area (Å²) in [6.45, 7) is 5.60. The first kappa shape index (κ1) is 23.6. The van der Waals surface area contributed by atoms with E-state index in [0.29, 0.717) is 11.4 Å². The number of hydrogen-bond donors (Lipinski definition) is 2. The summed E-state index contributed by atoms with van der Waals surface area (Å²) < 4.78 is 25.3. The summed E-state index contributed by atoms with van der Waals surface area (Å²) in [4.78, 5) is 24.5. The van der Waals surface area contributed by atoms with Crippen LogP contribution in [0.2, 0.25) is 0 Å². The Labute approximate surface area is 188 Å². The Hall–Kier alpha value is -3.09. The molecule has 1 fully saturated rings.